The van der Waals surface area contributed by atoms with Crippen LogP contribution in [0.3, 0.4) is 0 Å². The van der Waals surface area contributed by atoms with Crippen LogP contribution in [0.4, 0.5) is 0 Å². The fourth-order valence-electron chi connectivity index (χ4n) is 0.280. The first-order chi connectivity index (χ1) is 3.27. The molecule has 0 heterocycles. The summed E-state index contributed by atoms with van der Waals surface area (Å²) in [6.07, 6.45) is 1.13. The summed E-state index contributed by atoms with van der Waals surface area (Å²) in [7, 11) is 0. The van der Waals surface area contributed by atoms with Crippen molar-refractivity contribution in [1.29, 1.82) is 0 Å². The zero-order valence-electron chi connectivity index (χ0n) is 4.78. The van der Waals surface area contributed by atoms with Crippen LogP contribution in [0, 0.1) is 5.92 Å². The Hall–Kier alpha value is 0.440. The molecule has 0 aromatic rings. The van der Waals surface area contributed by atoms with E-state index in [0.717, 1.165) is 18.9 Å². The van der Waals surface area contributed by atoms with Crippen LogP contribution in [-0.4, -0.2) is 6.61 Å². The van der Waals surface area contributed by atoms with Crippen molar-refractivity contribution >= 4 is 16.3 Å². The lowest BCUT2D eigenvalue weighted by Crippen LogP contribution is -1.91. The maximum Gasteiger partial charge on any atom is 0.0987 e. The van der Waals surface area contributed by atoms with Crippen molar-refractivity contribution in [2.24, 2.45) is 5.92 Å². The van der Waals surface area contributed by atoms with E-state index in [0.29, 0.717) is 0 Å². The highest BCUT2D eigenvalue weighted by Crippen LogP contribution is 1.99. The van der Waals surface area contributed by atoms with Gasteiger partial charge in [0.1, 0.15) is 0 Å². The molecule has 0 aliphatic carbocycles. The standard InChI is InChI=1S/C5H11BrO/c1-5(2)3-4-7-6/h5H,3-4H2,1-2H3. The van der Waals surface area contributed by atoms with Gasteiger partial charge in [-0.2, -0.15) is 0 Å². The van der Waals surface area contributed by atoms with E-state index >= 15 is 0 Å². The molecule has 0 bridgehead atoms. The second-order valence-corrected chi connectivity index (χ2v) is 2.45. The third kappa shape index (κ3) is 6.44. The van der Waals surface area contributed by atoms with Crippen LogP contribution in [0.1, 0.15) is 20.3 Å². The van der Waals surface area contributed by atoms with Crippen LogP contribution in [-0.2, 0) is 3.83 Å². The van der Waals surface area contributed by atoms with Crippen molar-refractivity contribution in [3.05, 3.63) is 0 Å². The maximum absolute atomic E-state index is 4.67. The van der Waals surface area contributed by atoms with Gasteiger partial charge in [-0.15, -0.1) is 0 Å². The minimum atomic E-state index is 0.748. The Kier molecular flexibility index (Phi) is 4.88. The first-order valence-electron chi connectivity index (χ1n) is 2.51. The van der Waals surface area contributed by atoms with Crippen LogP contribution in [0.2, 0.25) is 0 Å². The quantitative estimate of drug-likeness (QED) is 0.626. The first kappa shape index (κ1) is 7.44. The van der Waals surface area contributed by atoms with E-state index in [1.165, 1.54) is 0 Å². The third-order valence-corrected chi connectivity index (χ3v) is 1.10. The van der Waals surface area contributed by atoms with Crippen LogP contribution in [0.5, 0.6) is 0 Å². The van der Waals surface area contributed by atoms with Gasteiger partial charge in [0.25, 0.3) is 0 Å². The van der Waals surface area contributed by atoms with Crippen LogP contribution in [0.25, 0.3) is 0 Å². The molecule has 44 valence electrons. The molecule has 0 spiro atoms. The van der Waals surface area contributed by atoms with Gasteiger partial charge in [0.2, 0.25) is 0 Å². The highest BCUT2D eigenvalue weighted by Gasteiger charge is 1.89. The molecule has 0 atom stereocenters. The molecule has 0 rings (SSSR count). The van der Waals surface area contributed by atoms with Crippen molar-refractivity contribution in [2.75, 3.05) is 6.61 Å². The van der Waals surface area contributed by atoms with E-state index in [4.69, 9.17) is 0 Å². The molecule has 0 aliphatic rings. The molecule has 0 aliphatic heterocycles. The maximum atomic E-state index is 4.67. The fraction of sp³-hybridized carbons (Fsp3) is 1.00. The highest BCUT2D eigenvalue weighted by atomic mass is 79.9. The van der Waals surface area contributed by atoms with Gasteiger partial charge in [-0.1, -0.05) is 13.8 Å². The Labute approximate surface area is 53.5 Å². The molecular weight excluding hydrogens is 156 g/mol. The van der Waals surface area contributed by atoms with E-state index in [1.807, 2.05) is 0 Å². The zero-order chi connectivity index (χ0) is 5.70. The summed E-state index contributed by atoms with van der Waals surface area (Å²) in [5, 5.41) is 0. The molecular formula is C5H11BrO. The highest BCUT2D eigenvalue weighted by molar-refractivity contribution is 9.06. The van der Waals surface area contributed by atoms with Crippen LogP contribution < -0.4 is 0 Å². The van der Waals surface area contributed by atoms with E-state index in [-0.39, 0.29) is 0 Å². The van der Waals surface area contributed by atoms with Gasteiger partial charge in [-0.3, -0.25) is 0 Å². The van der Waals surface area contributed by atoms with Gasteiger partial charge < -0.3 is 3.83 Å². The molecule has 0 aromatic carbocycles. The summed E-state index contributed by atoms with van der Waals surface area (Å²) >= 11 is 2.88. The lowest BCUT2D eigenvalue weighted by atomic mass is 10.2. The number of halogens is 1. The normalized spacial score (nSPS) is 10.3. The van der Waals surface area contributed by atoms with E-state index in [2.05, 4.69) is 33.9 Å². The zero-order valence-corrected chi connectivity index (χ0v) is 6.36. The van der Waals surface area contributed by atoms with Gasteiger partial charge in [0, 0.05) is 0 Å². The second kappa shape index (κ2) is 4.60. The summed E-state index contributed by atoms with van der Waals surface area (Å²) in [4.78, 5) is 0. The molecule has 0 unspecified atom stereocenters. The third-order valence-electron chi connectivity index (χ3n) is 0.772. The van der Waals surface area contributed by atoms with Crippen molar-refractivity contribution in [3.8, 4) is 0 Å². The summed E-state index contributed by atoms with van der Waals surface area (Å²) in [6.45, 7) is 5.16. The minimum absolute atomic E-state index is 0.748. The molecule has 0 N–H and O–H groups in total. The van der Waals surface area contributed by atoms with Gasteiger partial charge in [-0.05, 0) is 12.3 Å². The van der Waals surface area contributed by atoms with E-state index in [9.17, 15) is 0 Å². The lowest BCUT2D eigenvalue weighted by molar-refractivity contribution is 0.353. The molecule has 0 saturated heterocycles. The summed E-state index contributed by atoms with van der Waals surface area (Å²) < 4.78 is 4.67. The summed E-state index contributed by atoms with van der Waals surface area (Å²) in [5.74, 6) is 0.748. The molecule has 7 heavy (non-hydrogen) atoms. The van der Waals surface area contributed by atoms with E-state index in [1.54, 1.807) is 0 Å². The van der Waals surface area contributed by atoms with Crippen molar-refractivity contribution in [3.63, 3.8) is 0 Å². The predicted octanol–water partition coefficient (Wildman–Crippen LogP) is 2.36. The Morgan fingerprint density at radius 2 is 2.14 bits per heavy atom. The molecule has 0 fully saturated rings. The molecule has 0 aromatic heterocycles. The van der Waals surface area contributed by atoms with Gasteiger partial charge in [-0.25, -0.2) is 0 Å². The molecule has 0 amide bonds. The number of rotatable bonds is 3. The topological polar surface area (TPSA) is 9.23 Å². The van der Waals surface area contributed by atoms with Gasteiger partial charge in [0.05, 0.1) is 22.9 Å². The fourth-order valence-corrected chi connectivity index (χ4v) is 0.467. The lowest BCUT2D eigenvalue weighted by Gasteiger charge is -1.98. The summed E-state index contributed by atoms with van der Waals surface area (Å²) in [6, 6.07) is 0. The molecule has 0 saturated carbocycles. The molecule has 1 nitrogen and oxygen atoms in total. The summed E-state index contributed by atoms with van der Waals surface area (Å²) in [5.41, 5.74) is 0. The first-order valence-corrected chi connectivity index (χ1v) is 3.15. The van der Waals surface area contributed by atoms with Crippen molar-refractivity contribution < 1.29 is 3.83 Å². The second-order valence-electron chi connectivity index (χ2n) is 2.00. The Bertz CT molecular complexity index is 37.1. The number of hydrogen-bond donors (Lipinski definition) is 0. The average Bonchev–Trinajstić information content (AvgIpc) is 1.61. The predicted molar refractivity (Wildman–Crippen MR) is 34.3 cm³/mol. The monoisotopic (exact) mass is 166 g/mol. The van der Waals surface area contributed by atoms with Gasteiger partial charge in [0.15, 0.2) is 0 Å². The van der Waals surface area contributed by atoms with E-state index < -0.39 is 0 Å². The van der Waals surface area contributed by atoms with Crippen molar-refractivity contribution in [2.45, 2.75) is 20.3 Å². The Balaban J connectivity index is 2.68. The largest absolute Gasteiger partial charge is 0.308 e. The minimum Gasteiger partial charge on any atom is -0.308 e. The Morgan fingerprint density at radius 1 is 1.57 bits per heavy atom. The SMILES string of the molecule is CC(C)CCOBr. The Morgan fingerprint density at radius 3 is 2.29 bits per heavy atom. The van der Waals surface area contributed by atoms with Gasteiger partial charge >= 0.3 is 0 Å². The smallest absolute Gasteiger partial charge is 0.0987 e. The average molecular weight is 167 g/mol. The van der Waals surface area contributed by atoms with Crippen LogP contribution >= 0.6 is 16.3 Å². The molecule has 2 heteroatoms. The van der Waals surface area contributed by atoms with Crippen molar-refractivity contribution in [1.82, 2.24) is 0 Å². The molecule has 0 radical (unpaired) electrons. The van der Waals surface area contributed by atoms with Crippen LogP contribution in [0.15, 0.2) is 0 Å². The number of hydrogen-bond acceptors (Lipinski definition) is 1.